The number of carbonyl (C=O) groups is 5. The molecule has 0 aromatic carbocycles. The van der Waals surface area contributed by atoms with Crippen LogP contribution in [0.15, 0.2) is 12.4 Å². The van der Waals surface area contributed by atoms with Crippen molar-refractivity contribution in [2.45, 2.75) is 179 Å². The Balaban J connectivity index is 0.956. The minimum Gasteiger partial charge on any atom is -0.481 e. The molecule has 0 saturated carbocycles. The van der Waals surface area contributed by atoms with Crippen molar-refractivity contribution in [2.75, 3.05) is 152 Å². The highest BCUT2D eigenvalue weighted by Crippen LogP contribution is 2.23. The Morgan fingerprint density at radius 2 is 1.04 bits per heavy atom. The first-order valence-corrected chi connectivity index (χ1v) is 35.0. The molecular formula is C63H107N17O10S. The van der Waals surface area contributed by atoms with E-state index in [0.29, 0.717) is 161 Å². The molecule has 2 aliphatic heterocycles. The van der Waals surface area contributed by atoms with E-state index in [0.717, 1.165) is 140 Å². The monoisotopic (exact) mass is 1290 g/mol. The van der Waals surface area contributed by atoms with Gasteiger partial charge in [0.25, 0.3) is 0 Å². The molecule has 0 aliphatic carbocycles. The normalized spacial score (nSPS) is 14.1. The van der Waals surface area contributed by atoms with Gasteiger partial charge in [-0.05, 0) is 76.3 Å². The van der Waals surface area contributed by atoms with Gasteiger partial charge in [0.2, 0.25) is 41.5 Å². The van der Waals surface area contributed by atoms with Crippen LogP contribution in [-0.2, 0) is 51.0 Å². The Labute approximate surface area is 543 Å². The fourth-order valence-electron chi connectivity index (χ4n) is 10.9. The number of nitrogens with one attached hydrogen (secondary N) is 3. The first-order valence-electron chi connectivity index (χ1n) is 33.6. The molecule has 3 aromatic rings. The zero-order valence-electron chi connectivity index (χ0n) is 54.4. The minimum absolute atomic E-state index is 0.00877. The van der Waals surface area contributed by atoms with Crippen molar-refractivity contribution < 1.29 is 48.4 Å². The summed E-state index contributed by atoms with van der Waals surface area (Å²) in [5.74, 6) is 3.88. The van der Waals surface area contributed by atoms with Crippen LogP contribution in [0.3, 0.4) is 0 Å². The van der Waals surface area contributed by atoms with Gasteiger partial charge in [0.1, 0.15) is 18.7 Å². The van der Waals surface area contributed by atoms with E-state index >= 15 is 0 Å². The molecule has 91 heavy (non-hydrogen) atoms. The minimum atomic E-state index is -0.960. The number of aliphatic carboxylic acids is 1. The first-order chi connectivity index (χ1) is 44.5. The standard InChI is InChI=1S/C63H107N17O10S/c1-3-43-88-45-47-90-48-46-89-44-33-67-61-68-62(70-63(69-61)78-40-36-76(37-41-78)57(83)25-19-13-9-5-7-11-15-22-32-66-60(87)55(29-49-91-2)80-51-53(28-42-81)72-74-80)77-38-34-75(35-39-77)56(82)24-18-12-8-4-6-10-14-21-31-65-59(86)54(26-27-58(84)85)79-50-52(71-73-79)23-17-16-20-30-64/h1,50-51,54-55,81H,4-49,64H2,2H3,(H,65,86)(H,66,87)(H,84,85)(H,67,68,69,70)/t54-,55+/m0/s1. The van der Waals surface area contributed by atoms with E-state index in [4.69, 9.17) is 41.3 Å². The zero-order chi connectivity index (χ0) is 64.9. The smallest absolute Gasteiger partial charge is 0.303 e. The predicted octanol–water partition coefficient (Wildman–Crippen LogP) is 5.01. The molecule has 0 bridgehead atoms. The lowest BCUT2D eigenvalue weighted by Crippen LogP contribution is -2.50. The topological polar surface area (TPSA) is 329 Å². The Bertz CT molecular complexity index is 2540. The molecule has 2 saturated heterocycles. The number of nitrogens with two attached hydrogens (primary N) is 1. The van der Waals surface area contributed by atoms with Crippen molar-refractivity contribution in [2.24, 2.45) is 5.73 Å². The number of piperazine rings is 2. The van der Waals surface area contributed by atoms with Gasteiger partial charge < -0.3 is 65.7 Å². The maximum Gasteiger partial charge on any atom is 0.303 e. The van der Waals surface area contributed by atoms with E-state index in [1.807, 2.05) is 16.1 Å². The van der Waals surface area contributed by atoms with Crippen LogP contribution in [0.1, 0.15) is 178 Å². The third kappa shape index (κ3) is 30.8. The maximum atomic E-state index is 13.4. The first kappa shape index (κ1) is 75.5. The summed E-state index contributed by atoms with van der Waals surface area (Å²) in [4.78, 5) is 87.0. The van der Waals surface area contributed by atoms with Gasteiger partial charge in [-0.25, -0.2) is 9.36 Å². The van der Waals surface area contributed by atoms with Crippen LogP contribution >= 0.6 is 11.8 Å². The van der Waals surface area contributed by atoms with Crippen LogP contribution in [0.5, 0.6) is 0 Å². The van der Waals surface area contributed by atoms with Crippen LogP contribution < -0.4 is 31.5 Å². The highest BCUT2D eigenvalue weighted by Gasteiger charge is 2.28. The van der Waals surface area contributed by atoms with Gasteiger partial charge in [0.15, 0.2) is 0 Å². The number of carboxylic acids is 1. The lowest BCUT2D eigenvalue weighted by molar-refractivity contribution is -0.137. The Morgan fingerprint density at radius 3 is 1.53 bits per heavy atom. The molecule has 2 atom stereocenters. The van der Waals surface area contributed by atoms with Gasteiger partial charge in [0, 0.05) is 117 Å². The van der Waals surface area contributed by atoms with Crippen molar-refractivity contribution in [3.8, 4) is 12.3 Å². The molecule has 0 radical (unpaired) electrons. The van der Waals surface area contributed by atoms with Crippen LogP contribution in [-0.4, -0.2) is 231 Å². The molecule has 28 heteroatoms. The summed E-state index contributed by atoms with van der Waals surface area (Å²) >= 11 is 1.69. The van der Waals surface area contributed by atoms with E-state index < -0.39 is 18.1 Å². The summed E-state index contributed by atoms with van der Waals surface area (Å²) in [6.45, 7) is 9.28. The summed E-state index contributed by atoms with van der Waals surface area (Å²) in [6.07, 6.45) is 32.6. The summed E-state index contributed by atoms with van der Waals surface area (Å²) in [5.41, 5.74) is 7.05. The lowest BCUT2D eigenvalue weighted by Gasteiger charge is -2.36. The fourth-order valence-corrected chi connectivity index (χ4v) is 11.4. The summed E-state index contributed by atoms with van der Waals surface area (Å²) in [7, 11) is 0. The van der Waals surface area contributed by atoms with Crippen molar-refractivity contribution in [3.05, 3.63) is 23.8 Å². The number of unbranched alkanes of at least 4 members (excludes halogenated alkanes) is 16. The lowest BCUT2D eigenvalue weighted by atomic mass is 10.1. The van der Waals surface area contributed by atoms with E-state index in [2.05, 4.69) is 52.3 Å². The maximum absolute atomic E-state index is 13.4. The third-order valence-electron chi connectivity index (χ3n) is 16.2. The van der Waals surface area contributed by atoms with Gasteiger partial charge in [-0.1, -0.05) is 99.8 Å². The van der Waals surface area contributed by atoms with Gasteiger partial charge >= 0.3 is 5.97 Å². The molecule has 4 amide bonds. The Kier molecular flexibility index (Phi) is 38.8. The molecule has 0 spiro atoms. The number of anilines is 3. The van der Waals surface area contributed by atoms with E-state index in [-0.39, 0.29) is 49.7 Å². The molecule has 0 unspecified atom stereocenters. The second-order valence-electron chi connectivity index (χ2n) is 23.3. The number of aliphatic hydroxyl groups is 1. The Morgan fingerprint density at radius 1 is 0.582 bits per heavy atom. The average molecular weight is 1290 g/mol. The molecule has 2 fully saturated rings. The number of nitrogens with zero attached hydrogens (tertiary/aromatic N) is 13. The average Bonchev–Trinajstić information content (AvgIpc) is 2.83. The number of amides is 4. The summed E-state index contributed by atoms with van der Waals surface area (Å²) in [6, 6.07) is -1.14. The van der Waals surface area contributed by atoms with Crippen molar-refractivity contribution >= 4 is 59.2 Å². The molecule has 3 aromatic heterocycles. The summed E-state index contributed by atoms with van der Waals surface area (Å²) < 4.78 is 19.7. The number of aromatic nitrogens is 9. The van der Waals surface area contributed by atoms with E-state index in [1.54, 1.807) is 28.8 Å². The van der Waals surface area contributed by atoms with E-state index in [1.165, 1.54) is 4.68 Å². The van der Waals surface area contributed by atoms with Crippen LogP contribution in [0.2, 0.25) is 0 Å². The number of terminal acetylenes is 1. The molecule has 7 N–H and O–H groups in total. The SMILES string of the molecule is C#CCOCCOCCOCCNc1nc(N2CCN(C(=O)CCCCCCCCCCNC(=O)[C@@H](CCSC)n3cc(CCO)nn3)CC2)nc(N2CCN(C(=O)CCCCCCCCCCNC(=O)[C@H](CCC(=O)O)n3cc(CCCCCN)nn3)CC2)n1. The van der Waals surface area contributed by atoms with E-state index in [9.17, 15) is 34.2 Å². The van der Waals surface area contributed by atoms with Gasteiger partial charge in [-0.2, -0.15) is 26.7 Å². The second kappa shape index (κ2) is 46.8. The number of carboxylic acid groups (broad SMARTS) is 1. The second-order valence-corrected chi connectivity index (χ2v) is 24.3. The molecular weight excluding hydrogens is 1190 g/mol. The summed E-state index contributed by atoms with van der Waals surface area (Å²) in [5, 5.41) is 44.5. The number of ether oxygens (including phenoxy) is 3. The number of carbonyl (C=O) groups excluding carboxylic acids is 4. The highest BCUT2D eigenvalue weighted by atomic mass is 32.2. The number of hydrogen-bond donors (Lipinski definition) is 6. The number of aryl methyl sites for hydroxylation is 1. The Hall–Kier alpha value is -6.25. The van der Waals surface area contributed by atoms with Crippen LogP contribution in [0, 0.1) is 12.3 Å². The van der Waals surface area contributed by atoms with Crippen LogP contribution in [0.4, 0.5) is 17.8 Å². The number of hydrogen-bond acceptors (Lipinski definition) is 21. The number of aliphatic hydroxyl groups excluding tert-OH is 1. The van der Waals surface area contributed by atoms with Crippen molar-refractivity contribution in [1.29, 1.82) is 0 Å². The largest absolute Gasteiger partial charge is 0.481 e. The van der Waals surface area contributed by atoms with Gasteiger partial charge in [-0.3, -0.25) is 24.0 Å². The molecule has 510 valence electrons. The molecule has 5 heterocycles. The van der Waals surface area contributed by atoms with Crippen molar-refractivity contribution in [1.82, 2.24) is 65.4 Å². The number of rotatable bonds is 52. The number of thioether (sulfide) groups is 1. The predicted molar refractivity (Wildman–Crippen MR) is 352 cm³/mol. The van der Waals surface area contributed by atoms with Gasteiger partial charge in [-0.15, -0.1) is 16.6 Å². The quantitative estimate of drug-likeness (QED) is 0.0320. The molecule has 5 rings (SSSR count). The fraction of sp³-hybridized carbons (Fsp3) is 0.778. The molecule has 2 aliphatic rings. The van der Waals surface area contributed by atoms with Crippen molar-refractivity contribution in [3.63, 3.8) is 0 Å². The van der Waals surface area contributed by atoms with Crippen LogP contribution in [0.25, 0.3) is 0 Å². The molecule has 27 nitrogen and oxygen atoms in total. The highest BCUT2D eigenvalue weighted by molar-refractivity contribution is 7.98. The zero-order valence-corrected chi connectivity index (χ0v) is 55.2. The van der Waals surface area contributed by atoms with Gasteiger partial charge in [0.05, 0.1) is 44.4 Å². The third-order valence-corrected chi connectivity index (χ3v) is 16.9.